The normalized spacial score (nSPS) is 19.6. The van der Waals surface area contributed by atoms with Gasteiger partial charge in [-0.3, -0.25) is 24.0 Å². The molecule has 3 aliphatic rings. The number of aromatic amines is 1. The Bertz CT molecular complexity index is 1880. The Kier molecular flexibility index (Phi) is 9.68. The van der Waals surface area contributed by atoms with Crippen molar-refractivity contribution >= 4 is 51.0 Å². The minimum Gasteiger partial charge on any atom is -0.397 e. The van der Waals surface area contributed by atoms with E-state index in [4.69, 9.17) is 17.3 Å². The molecule has 4 aromatic rings. The van der Waals surface area contributed by atoms with Crippen LogP contribution >= 0.6 is 11.6 Å². The molecule has 0 radical (unpaired) electrons. The minimum atomic E-state index is -0.505. The summed E-state index contributed by atoms with van der Waals surface area (Å²) in [5.74, 6) is -0.504. The molecule has 11 nitrogen and oxygen atoms in total. The zero-order valence-electron chi connectivity index (χ0n) is 28.5. The number of nitrogens with one attached hydrogen (secondary N) is 1. The first-order valence-corrected chi connectivity index (χ1v) is 18.1. The van der Waals surface area contributed by atoms with Crippen molar-refractivity contribution < 1.29 is 9.59 Å². The maximum atomic E-state index is 14.2. The SMILES string of the molecule is Cc1cc(C[C@@H](CC(=O)N2CCC(n3c(=O)[nH]c4c5ccccc5ncc43)CC2)C(=O)N2CCN(C3CCN(C)CC3)CC2)cc(Cl)c1N. The van der Waals surface area contributed by atoms with Crippen molar-refractivity contribution in [3.8, 4) is 0 Å². The number of hydrogen-bond donors (Lipinski definition) is 2. The number of hydrogen-bond acceptors (Lipinski definition) is 7. The van der Waals surface area contributed by atoms with E-state index in [0.717, 1.165) is 72.1 Å². The van der Waals surface area contributed by atoms with Gasteiger partial charge < -0.3 is 25.4 Å². The number of imidazole rings is 1. The Hall–Kier alpha value is -3.93. The maximum Gasteiger partial charge on any atom is 0.326 e. The summed E-state index contributed by atoms with van der Waals surface area (Å²) in [6, 6.07) is 12.1. The topological polar surface area (TPSA) is 124 Å². The standard InChI is InChI=1S/C37H47ClN8O3/c1-24-19-25(21-30(38)34(24)39)20-26(36(48)45-17-15-43(16-18-45)27-7-11-42(2)12-8-27)22-33(47)44-13-9-28(10-14-44)46-32-23-40-31-6-4-3-5-29(31)35(32)41-37(46)49/h3-6,19,21,23,26-28H,7-18,20,22,39H2,1-2H3,(H,41,49)/t26-/m0/s1. The van der Waals surface area contributed by atoms with Gasteiger partial charge in [0.25, 0.3) is 0 Å². The molecule has 12 heteroatoms. The molecule has 3 fully saturated rings. The molecule has 0 unspecified atom stereocenters. The monoisotopic (exact) mass is 686 g/mol. The molecule has 3 N–H and O–H groups in total. The molecule has 2 amide bonds. The van der Waals surface area contributed by atoms with Crippen LogP contribution < -0.4 is 11.4 Å². The van der Waals surface area contributed by atoms with Gasteiger partial charge in [-0.2, -0.15) is 0 Å². The van der Waals surface area contributed by atoms with Crippen LogP contribution in [0.5, 0.6) is 0 Å². The fraction of sp³-hybridized carbons (Fsp3) is 0.514. The van der Waals surface area contributed by atoms with E-state index in [-0.39, 0.29) is 30.0 Å². The third kappa shape index (κ3) is 6.93. The Morgan fingerprint density at radius 2 is 1.65 bits per heavy atom. The van der Waals surface area contributed by atoms with E-state index >= 15 is 0 Å². The third-order valence-corrected chi connectivity index (χ3v) is 11.4. The number of piperidine rings is 2. The molecule has 7 rings (SSSR count). The summed E-state index contributed by atoms with van der Waals surface area (Å²) >= 11 is 6.45. The smallest absolute Gasteiger partial charge is 0.326 e. The number of nitrogens with zero attached hydrogens (tertiary/aromatic N) is 6. The molecule has 260 valence electrons. The van der Waals surface area contributed by atoms with E-state index in [2.05, 4.69) is 26.8 Å². The van der Waals surface area contributed by atoms with Crippen LogP contribution in [0.2, 0.25) is 5.02 Å². The number of pyridine rings is 1. The molecule has 2 aromatic heterocycles. The molecule has 49 heavy (non-hydrogen) atoms. The van der Waals surface area contributed by atoms with E-state index in [1.54, 1.807) is 10.8 Å². The van der Waals surface area contributed by atoms with Gasteiger partial charge in [-0.25, -0.2) is 4.79 Å². The number of rotatable bonds is 7. The number of halogens is 1. The van der Waals surface area contributed by atoms with Crippen LogP contribution in [0.4, 0.5) is 5.69 Å². The predicted octanol–water partition coefficient (Wildman–Crippen LogP) is 4.07. The van der Waals surface area contributed by atoms with E-state index < -0.39 is 5.92 Å². The molecule has 0 spiro atoms. The predicted molar refractivity (Wildman–Crippen MR) is 194 cm³/mol. The van der Waals surface area contributed by atoms with Crippen LogP contribution in [0, 0.1) is 12.8 Å². The average Bonchev–Trinajstić information content (AvgIpc) is 3.46. The fourth-order valence-corrected chi connectivity index (χ4v) is 8.49. The van der Waals surface area contributed by atoms with Crippen molar-refractivity contribution in [2.24, 2.45) is 5.92 Å². The number of para-hydroxylation sites is 1. The Morgan fingerprint density at radius 1 is 0.959 bits per heavy atom. The number of carbonyl (C=O) groups is 2. The number of nitrogen functional groups attached to an aromatic ring is 1. The van der Waals surface area contributed by atoms with Crippen LogP contribution in [-0.4, -0.2) is 111 Å². The number of likely N-dealkylation sites (tertiary alicyclic amines) is 2. The van der Waals surface area contributed by atoms with Crippen molar-refractivity contribution in [3.63, 3.8) is 0 Å². The molecule has 0 saturated carbocycles. The van der Waals surface area contributed by atoms with Gasteiger partial charge in [0.2, 0.25) is 11.8 Å². The summed E-state index contributed by atoms with van der Waals surface area (Å²) in [4.78, 5) is 57.6. The minimum absolute atomic E-state index is 0.0287. The van der Waals surface area contributed by atoms with E-state index in [1.807, 2.05) is 53.1 Å². The van der Waals surface area contributed by atoms with Gasteiger partial charge in [-0.1, -0.05) is 35.9 Å². The van der Waals surface area contributed by atoms with E-state index in [1.165, 1.54) is 0 Å². The highest BCUT2D eigenvalue weighted by atomic mass is 35.5. The molecular weight excluding hydrogens is 640 g/mol. The number of anilines is 1. The summed E-state index contributed by atoms with van der Waals surface area (Å²) < 4.78 is 1.81. The number of H-pyrrole nitrogens is 1. The molecule has 1 atom stereocenters. The zero-order chi connectivity index (χ0) is 34.2. The highest BCUT2D eigenvalue weighted by Crippen LogP contribution is 2.30. The van der Waals surface area contributed by atoms with Gasteiger partial charge in [0, 0.05) is 63.2 Å². The lowest BCUT2D eigenvalue weighted by atomic mass is 9.92. The van der Waals surface area contributed by atoms with Gasteiger partial charge in [-0.05, 0) is 82.4 Å². The second kappa shape index (κ2) is 14.1. The van der Waals surface area contributed by atoms with Gasteiger partial charge in [-0.15, -0.1) is 0 Å². The first-order chi connectivity index (χ1) is 23.7. The lowest BCUT2D eigenvalue weighted by molar-refractivity contribution is -0.143. The fourth-order valence-electron chi connectivity index (χ4n) is 8.20. The summed E-state index contributed by atoms with van der Waals surface area (Å²) in [5.41, 5.74) is 10.7. The number of fused-ring (bicyclic) bond motifs is 3. The van der Waals surface area contributed by atoms with E-state index in [9.17, 15) is 14.4 Å². The lowest BCUT2D eigenvalue weighted by Crippen LogP contribution is -2.55. The first-order valence-electron chi connectivity index (χ1n) is 17.7. The van der Waals surface area contributed by atoms with Crippen molar-refractivity contribution in [1.82, 2.24) is 34.1 Å². The lowest BCUT2D eigenvalue weighted by Gasteiger charge is -2.43. The number of amides is 2. The van der Waals surface area contributed by atoms with Gasteiger partial charge in [0.05, 0.1) is 39.4 Å². The summed E-state index contributed by atoms with van der Waals surface area (Å²) in [5, 5.41) is 1.39. The van der Waals surface area contributed by atoms with Crippen LogP contribution in [0.1, 0.15) is 49.3 Å². The molecule has 2 aromatic carbocycles. The first kappa shape index (κ1) is 33.6. The van der Waals surface area contributed by atoms with Gasteiger partial charge in [0.15, 0.2) is 0 Å². The molecular formula is C37H47ClN8O3. The second-order valence-electron chi connectivity index (χ2n) is 14.3. The van der Waals surface area contributed by atoms with E-state index in [0.29, 0.717) is 62.2 Å². The number of carbonyl (C=O) groups excluding carboxylic acids is 2. The third-order valence-electron chi connectivity index (χ3n) is 11.1. The summed E-state index contributed by atoms with van der Waals surface area (Å²) in [7, 11) is 2.18. The van der Waals surface area contributed by atoms with Crippen LogP contribution in [0.15, 0.2) is 47.4 Å². The molecule has 3 aliphatic heterocycles. The largest absolute Gasteiger partial charge is 0.397 e. The Labute approximate surface area is 292 Å². The number of piperazine rings is 1. The van der Waals surface area contributed by atoms with Crippen molar-refractivity contribution in [3.05, 3.63) is 69.2 Å². The number of aromatic nitrogens is 3. The average molecular weight is 687 g/mol. The van der Waals surface area contributed by atoms with Crippen LogP contribution in [0.25, 0.3) is 21.9 Å². The van der Waals surface area contributed by atoms with Crippen molar-refractivity contribution in [2.45, 2.75) is 57.5 Å². The summed E-state index contributed by atoms with van der Waals surface area (Å²) in [6.45, 7) is 8.25. The molecule has 5 heterocycles. The Morgan fingerprint density at radius 3 is 2.37 bits per heavy atom. The summed E-state index contributed by atoms with van der Waals surface area (Å²) in [6.07, 6.45) is 5.94. The zero-order valence-corrected chi connectivity index (χ0v) is 29.3. The highest BCUT2D eigenvalue weighted by Gasteiger charge is 2.34. The Balaban J connectivity index is 1.03. The maximum absolute atomic E-state index is 14.2. The van der Waals surface area contributed by atoms with Crippen LogP contribution in [-0.2, 0) is 16.0 Å². The number of benzene rings is 2. The molecule has 0 aliphatic carbocycles. The van der Waals surface area contributed by atoms with Crippen molar-refractivity contribution in [1.29, 1.82) is 0 Å². The molecule has 3 saturated heterocycles. The number of aryl methyl sites for hydroxylation is 1. The van der Waals surface area contributed by atoms with Gasteiger partial charge in [0.1, 0.15) is 0 Å². The van der Waals surface area contributed by atoms with Gasteiger partial charge >= 0.3 is 5.69 Å². The quantitative estimate of drug-likeness (QED) is 0.281. The van der Waals surface area contributed by atoms with Crippen LogP contribution in [0.3, 0.4) is 0 Å². The molecule has 0 bridgehead atoms. The second-order valence-corrected chi connectivity index (χ2v) is 14.7. The highest BCUT2D eigenvalue weighted by molar-refractivity contribution is 6.33. The number of nitrogens with two attached hydrogens (primary N) is 1. The van der Waals surface area contributed by atoms with Crippen molar-refractivity contribution in [2.75, 3.05) is 65.1 Å².